The standard InChI is InChI=1S/C16H21N5O2/c1-9-18-15-13(2-3-17-15)16(19-9)20-12-4-10-6-21(14(23)8-22)7-11(10)5-12/h2-3,10-12,22H,4-8H2,1H3,(H2,17,18,19,20)/t10-,11+,12-. The van der Waals surface area contributed by atoms with E-state index in [0.29, 0.717) is 17.9 Å². The van der Waals surface area contributed by atoms with Crippen molar-refractivity contribution in [1.29, 1.82) is 0 Å². The predicted octanol–water partition coefficient (Wildman–Crippen LogP) is 0.908. The topological polar surface area (TPSA) is 94.1 Å². The summed E-state index contributed by atoms with van der Waals surface area (Å²) < 4.78 is 0. The first-order valence-corrected chi connectivity index (χ1v) is 8.11. The minimum absolute atomic E-state index is 0.149. The molecule has 1 aliphatic carbocycles. The number of anilines is 1. The Morgan fingerprint density at radius 3 is 2.83 bits per heavy atom. The second-order valence-corrected chi connectivity index (χ2v) is 6.65. The number of nitrogens with one attached hydrogen (secondary N) is 2. The molecule has 2 aromatic heterocycles. The quantitative estimate of drug-likeness (QED) is 0.782. The van der Waals surface area contributed by atoms with Crippen molar-refractivity contribution in [2.75, 3.05) is 25.0 Å². The maximum absolute atomic E-state index is 11.6. The normalized spacial score (nSPS) is 26.7. The van der Waals surface area contributed by atoms with Gasteiger partial charge in [-0.1, -0.05) is 0 Å². The molecule has 2 fully saturated rings. The van der Waals surface area contributed by atoms with E-state index < -0.39 is 0 Å². The van der Waals surface area contributed by atoms with Crippen LogP contribution in [0.5, 0.6) is 0 Å². The average Bonchev–Trinajstić information content (AvgIpc) is 3.19. The molecule has 0 bridgehead atoms. The molecule has 2 aliphatic rings. The van der Waals surface area contributed by atoms with E-state index in [1.54, 1.807) is 4.90 Å². The number of aromatic amines is 1. The Morgan fingerprint density at radius 2 is 2.13 bits per heavy atom. The number of aromatic nitrogens is 3. The summed E-state index contributed by atoms with van der Waals surface area (Å²) in [6.45, 7) is 3.05. The number of rotatable bonds is 3. The van der Waals surface area contributed by atoms with E-state index in [-0.39, 0.29) is 12.5 Å². The SMILES string of the molecule is Cc1nc(N[C@@H]2C[C@@H]3CN(C(=O)CO)C[C@@H]3C2)c2cc[nH]c2n1. The van der Waals surface area contributed by atoms with Crippen LogP contribution < -0.4 is 5.32 Å². The number of nitrogens with zero attached hydrogens (tertiary/aromatic N) is 3. The first-order valence-electron chi connectivity index (χ1n) is 8.11. The van der Waals surface area contributed by atoms with Gasteiger partial charge in [0.15, 0.2) is 0 Å². The molecule has 7 heteroatoms. The van der Waals surface area contributed by atoms with Crippen LogP contribution in [0.1, 0.15) is 18.7 Å². The maximum atomic E-state index is 11.6. The molecule has 122 valence electrons. The van der Waals surface area contributed by atoms with Gasteiger partial charge in [-0.25, -0.2) is 9.97 Å². The molecule has 1 aliphatic heterocycles. The summed E-state index contributed by atoms with van der Waals surface area (Å²) in [4.78, 5) is 25.5. The van der Waals surface area contributed by atoms with E-state index in [1.807, 2.05) is 19.2 Å². The first kappa shape index (κ1) is 14.4. The third kappa shape index (κ3) is 2.55. The molecule has 1 saturated carbocycles. The highest BCUT2D eigenvalue weighted by molar-refractivity contribution is 5.87. The van der Waals surface area contributed by atoms with E-state index >= 15 is 0 Å². The van der Waals surface area contributed by atoms with Gasteiger partial charge in [-0.3, -0.25) is 4.79 Å². The van der Waals surface area contributed by atoms with Crippen LogP contribution in [0.4, 0.5) is 5.82 Å². The third-order valence-electron chi connectivity index (χ3n) is 5.11. The second kappa shape index (κ2) is 5.49. The van der Waals surface area contributed by atoms with Crippen molar-refractivity contribution >= 4 is 22.8 Å². The molecule has 2 aromatic rings. The van der Waals surface area contributed by atoms with Crippen molar-refractivity contribution in [2.24, 2.45) is 11.8 Å². The van der Waals surface area contributed by atoms with Crippen LogP contribution in [0.2, 0.25) is 0 Å². The van der Waals surface area contributed by atoms with Gasteiger partial charge in [0.25, 0.3) is 0 Å². The Labute approximate surface area is 134 Å². The number of carbonyl (C=O) groups excluding carboxylic acids is 1. The summed E-state index contributed by atoms with van der Waals surface area (Å²) in [5, 5.41) is 13.6. The lowest BCUT2D eigenvalue weighted by molar-refractivity contribution is -0.133. The van der Waals surface area contributed by atoms with E-state index in [9.17, 15) is 4.79 Å². The summed E-state index contributed by atoms with van der Waals surface area (Å²) in [5.74, 6) is 2.53. The van der Waals surface area contributed by atoms with Crippen molar-refractivity contribution in [2.45, 2.75) is 25.8 Å². The Kier molecular flexibility index (Phi) is 3.45. The summed E-state index contributed by atoms with van der Waals surface area (Å²) >= 11 is 0. The number of carbonyl (C=O) groups is 1. The smallest absolute Gasteiger partial charge is 0.248 e. The molecule has 3 atom stereocenters. The van der Waals surface area contributed by atoms with Gasteiger partial charge >= 0.3 is 0 Å². The minimum atomic E-state index is -0.382. The number of fused-ring (bicyclic) bond motifs is 2. The van der Waals surface area contributed by atoms with Gasteiger partial charge < -0.3 is 20.3 Å². The van der Waals surface area contributed by atoms with Gasteiger partial charge in [-0.05, 0) is 37.7 Å². The Bertz CT molecular complexity index is 729. The fourth-order valence-electron chi connectivity index (χ4n) is 4.08. The Morgan fingerprint density at radius 1 is 1.39 bits per heavy atom. The van der Waals surface area contributed by atoms with Gasteiger partial charge in [-0.2, -0.15) is 0 Å². The zero-order chi connectivity index (χ0) is 16.0. The summed E-state index contributed by atoms with van der Waals surface area (Å²) in [7, 11) is 0. The van der Waals surface area contributed by atoms with Crippen LogP contribution >= 0.6 is 0 Å². The zero-order valence-corrected chi connectivity index (χ0v) is 13.1. The van der Waals surface area contributed by atoms with Crippen molar-refractivity contribution < 1.29 is 9.90 Å². The number of aryl methyl sites for hydroxylation is 1. The summed E-state index contributed by atoms with van der Waals surface area (Å²) in [6.07, 6.45) is 3.95. The Balaban J connectivity index is 1.46. The lowest BCUT2D eigenvalue weighted by Gasteiger charge is -2.19. The molecule has 0 aromatic carbocycles. The molecule has 23 heavy (non-hydrogen) atoms. The molecule has 7 nitrogen and oxygen atoms in total. The van der Waals surface area contributed by atoms with E-state index in [2.05, 4.69) is 20.3 Å². The molecular weight excluding hydrogens is 294 g/mol. The van der Waals surface area contributed by atoms with E-state index in [0.717, 1.165) is 48.6 Å². The number of hydrogen-bond donors (Lipinski definition) is 3. The van der Waals surface area contributed by atoms with Crippen LogP contribution in [-0.4, -0.2) is 56.6 Å². The second-order valence-electron chi connectivity index (χ2n) is 6.65. The number of amides is 1. The lowest BCUT2D eigenvalue weighted by Crippen LogP contribution is -2.33. The molecule has 4 rings (SSSR count). The number of aliphatic hydroxyl groups is 1. The van der Waals surface area contributed by atoms with Gasteiger partial charge in [0, 0.05) is 25.3 Å². The van der Waals surface area contributed by atoms with Gasteiger partial charge in [0.2, 0.25) is 5.91 Å². The Hall–Kier alpha value is -2.15. The first-order chi connectivity index (χ1) is 11.1. The maximum Gasteiger partial charge on any atom is 0.248 e. The average molecular weight is 315 g/mol. The minimum Gasteiger partial charge on any atom is -0.387 e. The number of aliphatic hydroxyl groups excluding tert-OH is 1. The van der Waals surface area contributed by atoms with Crippen molar-refractivity contribution in [3.63, 3.8) is 0 Å². The van der Waals surface area contributed by atoms with Gasteiger partial charge in [-0.15, -0.1) is 0 Å². The molecule has 0 radical (unpaired) electrons. The van der Waals surface area contributed by atoms with Crippen LogP contribution in [0.25, 0.3) is 11.0 Å². The predicted molar refractivity (Wildman–Crippen MR) is 85.9 cm³/mol. The highest BCUT2D eigenvalue weighted by Gasteiger charge is 2.42. The number of hydrogen-bond acceptors (Lipinski definition) is 5. The molecule has 0 unspecified atom stereocenters. The van der Waals surface area contributed by atoms with Crippen LogP contribution in [-0.2, 0) is 4.79 Å². The van der Waals surface area contributed by atoms with Crippen LogP contribution in [0, 0.1) is 18.8 Å². The summed E-state index contributed by atoms with van der Waals surface area (Å²) in [6, 6.07) is 2.37. The summed E-state index contributed by atoms with van der Waals surface area (Å²) in [5.41, 5.74) is 0.859. The van der Waals surface area contributed by atoms with E-state index in [1.165, 1.54) is 0 Å². The molecular formula is C16H21N5O2. The molecule has 1 saturated heterocycles. The molecule has 3 N–H and O–H groups in total. The third-order valence-corrected chi connectivity index (χ3v) is 5.11. The largest absolute Gasteiger partial charge is 0.387 e. The van der Waals surface area contributed by atoms with Crippen LogP contribution in [0.15, 0.2) is 12.3 Å². The monoisotopic (exact) mass is 315 g/mol. The van der Waals surface area contributed by atoms with Crippen molar-refractivity contribution in [3.8, 4) is 0 Å². The lowest BCUT2D eigenvalue weighted by atomic mass is 10.0. The molecule has 0 spiro atoms. The van der Waals surface area contributed by atoms with Gasteiger partial charge in [0.1, 0.15) is 23.9 Å². The fraction of sp³-hybridized carbons (Fsp3) is 0.562. The van der Waals surface area contributed by atoms with E-state index in [4.69, 9.17) is 5.11 Å². The number of likely N-dealkylation sites (tertiary alicyclic amines) is 1. The van der Waals surface area contributed by atoms with Gasteiger partial charge in [0.05, 0.1) is 5.39 Å². The van der Waals surface area contributed by atoms with Crippen LogP contribution in [0.3, 0.4) is 0 Å². The number of H-pyrrole nitrogens is 1. The highest BCUT2D eigenvalue weighted by Crippen LogP contribution is 2.39. The fourth-order valence-corrected chi connectivity index (χ4v) is 4.08. The molecule has 1 amide bonds. The molecule has 3 heterocycles. The van der Waals surface area contributed by atoms with Crippen molar-refractivity contribution in [3.05, 3.63) is 18.1 Å². The highest BCUT2D eigenvalue weighted by atomic mass is 16.3. The van der Waals surface area contributed by atoms with Crippen molar-refractivity contribution in [1.82, 2.24) is 19.9 Å². The zero-order valence-electron chi connectivity index (χ0n) is 13.1.